The van der Waals surface area contributed by atoms with Crippen LogP contribution in [0.2, 0.25) is 0 Å². The Morgan fingerprint density at radius 1 is 1.07 bits per heavy atom. The van der Waals surface area contributed by atoms with E-state index in [1.54, 1.807) is 0 Å². The summed E-state index contributed by atoms with van der Waals surface area (Å²) in [4.78, 5) is 15.0. The minimum Gasteiger partial charge on any atom is -0.347 e. The van der Waals surface area contributed by atoms with Gasteiger partial charge in [-0.25, -0.2) is 0 Å². The summed E-state index contributed by atoms with van der Waals surface area (Å²) < 4.78 is 2.07. The standard InChI is InChI=1S/C21H27N5O/c1-2-14-3-5-15(6-4-14)10-25-11-16-9-19-23-24-20(21(27)22-18-7-8-18)26(19)13-17(16)12-25/h3-6,16-18H,2,7-13H2,1H3,(H,22,27)/t16-,17+/m0/s1. The van der Waals surface area contributed by atoms with Crippen LogP contribution in [0, 0.1) is 11.8 Å². The third-order valence-electron chi connectivity index (χ3n) is 6.29. The number of nitrogens with zero attached hydrogens (tertiary/aromatic N) is 4. The largest absolute Gasteiger partial charge is 0.347 e. The molecule has 6 heteroatoms. The summed E-state index contributed by atoms with van der Waals surface area (Å²) in [5, 5.41) is 11.6. The second-order valence-corrected chi connectivity index (χ2v) is 8.39. The van der Waals surface area contributed by atoms with Crippen LogP contribution >= 0.6 is 0 Å². The minimum absolute atomic E-state index is 0.0550. The zero-order chi connectivity index (χ0) is 18.4. The molecule has 0 radical (unpaired) electrons. The molecule has 2 atom stereocenters. The number of carbonyl (C=O) groups is 1. The molecule has 2 fully saturated rings. The van der Waals surface area contributed by atoms with Crippen molar-refractivity contribution < 1.29 is 4.79 Å². The molecule has 3 heterocycles. The van der Waals surface area contributed by atoms with Gasteiger partial charge in [0.25, 0.3) is 5.91 Å². The number of aromatic nitrogens is 3. The molecule has 142 valence electrons. The molecule has 0 unspecified atom stereocenters. The molecule has 1 aromatic heterocycles. The highest BCUT2D eigenvalue weighted by Crippen LogP contribution is 2.33. The van der Waals surface area contributed by atoms with E-state index in [1.807, 2.05) is 0 Å². The topological polar surface area (TPSA) is 63.1 Å². The van der Waals surface area contributed by atoms with Gasteiger partial charge in [0.2, 0.25) is 5.82 Å². The van der Waals surface area contributed by atoms with Crippen LogP contribution in [0.25, 0.3) is 0 Å². The number of likely N-dealkylation sites (tertiary alicyclic amines) is 1. The summed E-state index contributed by atoms with van der Waals surface area (Å²) in [7, 11) is 0. The van der Waals surface area contributed by atoms with E-state index in [0.717, 1.165) is 57.7 Å². The number of carbonyl (C=O) groups excluding carboxylic acids is 1. The van der Waals surface area contributed by atoms with E-state index in [0.29, 0.717) is 23.7 Å². The van der Waals surface area contributed by atoms with Crippen LogP contribution < -0.4 is 5.32 Å². The van der Waals surface area contributed by atoms with Crippen molar-refractivity contribution in [2.75, 3.05) is 13.1 Å². The molecule has 6 nitrogen and oxygen atoms in total. The van der Waals surface area contributed by atoms with Gasteiger partial charge in [-0.1, -0.05) is 31.2 Å². The molecule has 1 aliphatic carbocycles. The Kier molecular flexibility index (Phi) is 4.23. The normalized spacial score (nSPS) is 24.5. The first-order valence-corrected chi connectivity index (χ1v) is 10.2. The summed E-state index contributed by atoms with van der Waals surface area (Å²) in [6.07, 6.45) is 4.20. The highest BCUT2D eigenvalue weighted by atomic mass is 16.2. The first-order chi connectivity index (χ1) is 13.2. The maximum absolute atomic E-state index is 12.4. The Morgan fingerprint density at radius 2 is 1.81 bits per heavy atom. The van der Waals surface area contributed by atoms with Gasteiger partial charge in [-0.05, 0) is 42.2 Å². The maximum Gasteiger partial charge on any atom is 0.289 e. The third-order valence-corrected chi connectivity index (χ3v) is 6.29. The van der Waals surface area contributed by atoms with Crippen LogP contribution in [0.1, 0.15) is 47.3 Å². The number of hydrogen-bond acceptors (Lipinski definition) is 4. The number of benzene rings is 1. The molecule has 0 spiro atoms. The van der Waals surface area contributed by atoms with E-state index in [-0.39, 0.29) is 5.91 Å². The fourth-order valence-electron chi connectivity index (χ4n) is 4.53. The van der Waals surface area contributed by atoms with E-state index in [4.69, 9.17) is 0 Å². The average Bonchev–Trinajstić information content (AvgIpc) is 3.25. The van der Waals surface area contributed by atoms with E-state index < -0.39 is 0 Å². The van der Waals surface area contributed by atoms with Gasteiger partial charge in [0.05, 0.1) is 0 Å². The Balaban J connectivity index is 1.25. The van der Waals surface area contributed by atoms with Gasteiger partial charge in [-0.15, -0.1) is 10.2 Å². The van der Waals surface area contributed by atoms with Crippen molar-refractivity contribution in [2.45, 2.75) is 51.7 Å². The fourth-order valence-corrected chi connectivity index (χ4v) is 4.53. The molecule has 27 heavy (non-hydrogen) atoms. The van der Waals surface area contributed by atoms with Gasteiger partial charge in [0.15, 0.2) is 0 Å². The SMILES string of the molecule is CCc1ccc(CN2C[C@@H]3Cn4c(nnc4C(=O)NC4CC4)C[C@H]3C2)cc1. The smallest absolute Gasteiger partial charge is 0.289 e. The quantitative estimate of drug-likeness (QED) is 0.881. The molecule has 5 rings (SSSR count). The summed E-state index contributed by atoms with van der Waals surface area (Å²) >= 11 is 0. The second kappa shape index (κ2) is 6.75. The average molecular weight is 365 g/mol. The maximum atomic E-state index is 12.4. The Hall–Kier alpha value is -2.21. The predicted octanol–water partition coefficient (Wildman–Crippen LogP) is 2.04. The monoisotopic (exact) mass is 365 g/mol. The Morgan fingerprint density at radius 3 is 2.56 bits per heavy atom. The lowest BCUT2D eigenvalue weighted by molar-refractivity contribution is 0.0932. The Labute approximate surface area is 160 Å². The molecule has 2 aromatic rings. The minimum atomic E-state index is -0.0550. The first kappa shape index (κ1) is 16.9. The zero-order valence-corrected chi connectivity index (χ0v) is 15.9. The van der Waals surface area contributed by atoms with Crippen molar-refractivity contribution in [3.63, 3.8) is 0 Å². The number of rotatable bonds is 5. The van der Waals surface area contributed by atoms with Gasteiger partial charge in [-0.2, -0.15) is 0 Å². The summed E-state index contributed by atoms with van der Waals surface area (Å²) in [6.45, 7) is 6.26. The van der Waals surface area contributed by atoms with Crippen LogP contribution in [0.5, 0.6) is 0 Å². The number of nitrogens with one attached hydrogen (secondary N) is 1. The van der Waals surface area contributed by atoms with Crippen molar-refractivity contribution in [1.82, 2.24) is 25.0 Å². The van der Waals surface area contributed by atoms with E-state index in [2.05, 4.69) is 56.2 Å². The lowest BCUT2D eigenvalue weighted by Crippen LogP contribution is -2.33. The van der Waals surface area contributed by atoms with Crippen molar-refractivity contribution in [2.24, 2.45) is 11.8 Å². The van der Waals surface area contributed by atoms with Crippen LogP contribution in [-0.2, 0) is 25.9 Å². The molecule has 1 N–H and O–H groups in total. The predicted molar refractivity (Wildman–Crippen MR) is 102 cm³/mol. The molecule has 1 aromatic carbocycles. The van der Waals surface area contributed by atoms with Gasteiger partial charge >= 0.3 is 0 Å². The molecule has 0 bridgehead atoms. The number of amides is 1. The van der Waals surface area contributed by atoms with Crippen molar-refractivity contribution in [1.29, 1.82) is 0 Å². The summed E-state index contributed by atoms with van der Waals surface area (Å²) in [5.74, 6) is 2.63. The lowest BCUT2D eigenvalue weighted by Gasteiger charge is -2.25. The molecular weight excluding hydrogens is 338 g/mol. The summed E-state index contributed by atoms with van der Waals surface area (Å²) in [5.41, 5.74) is 2.78. The van der Waals surface area contributed by atoms with Crippen LogP contribution in [0.15, 0.2) is 24.3 Å². The highest BCUT2D eigenvalue weighted by molar-refractivity contribution is 5.91. The molecule has 1 saturated carbocycles. The van der Waals surface area contributed by atoms with E-state index >= 15 is 0 Å². The summed E-state index contributed by atoms with van der Waals surface area (Å²) in [6, 6.07) is 9.35. The lowest BCUT2D eigenvalue weighted by atomic mass is 9.89. The number of hydrogen-bond donors (Lipinski definition) is 1. The second-order valence-electron chi connectivity index (χ2n) is 8.39. The van der Waals surface area contributed by atoms with Gasteiger partial charge in [0.1, 0.15) is 5.82 Å². The first-order valence-electron chi connectivity index (χ1n) is 10.2. The van der Waals surface area contributed by atoms with E-state index in [9.17, 15) is 4.79 Å². The molecule has 3 aliphatic rings. The number of aryl methyl sites for hydroxylation is 1. The third kappa shape index (κ3) is 3.38. The van der Waals surface area contributed by atoms with Crippen molar-refractivity contribution in [3.8, 4) is 0 Å². The van der Waals surface area contributed by atoms with E-state index in [1.165, 1.54) is 11.1 Å². The zero-order valence-electron chi connectivity index (χ0n) is 15.9. The van der Waals surface area contributed by atoms with Gasteiger partial charge in [-0.3, -0.25) is 9.69 Å². The molecule has 2 aliphatic heterocycles. The highest BCUT2D eigenvalue weighted by Gasteiger charge is 2.39. The van der Waals surface area contributed by atoms with Gasteiger partial charge in [0, 0.05) is 38.6 Å². The molecule has 1 amide bonds. The molecular formula is C21H27N5O. The van der Waals surface area contributed by atoms with Crippen LogP contribution in [0.4, 0.5) is 0 Å². The van der Waals surface area contributed by atoms with Gasteiger partial charge < -0.3 is 9.88 Å². The van der Waals surface area contributed by atoms with Crippen molar-refractivity contribution in [3.05, 3.63) is 47.0 Å². The fraction of sp³-hybridized carbons (Fsp3) is 0.571. The Bertz CT molecular complexity index is 839. The van der Waals surface area contributed by atoms with Crippen LogP contribution in [0.3, 0.4) is 0 Å². The van der Waals surface area contributed by atoms with Crippen molar-refractivity contribution >= 4 is 5.91 Å². The number of fused-ring (bicyclic) bond motifs is 2. The van der Waals surface area contributed by atoms with Crippen LogP contribution in [-0.4, -0.2) is 44.7 Å². The molecule has 1 saturated heterocycles.